The van der Waals surface area contributed by atoms with E-state index in [9.17, 15) is 8.78 Å². The third-order valence-corrected chi connectivity index (χ3v) is 20.4. The van der Waals surface area contributed by atoms with Gasteiger partial charge in [-0.05, 0) is 139 Å². The lowest BCUT2D eigenvalue weighted by molar-refractivity contribution is 0.626. The number of nitrogens with two attached hydrogens (primary N) is 11. The maximum Gasteiger partial charge on any atom is 0.211 e. The van der Waals surface area contributed by atoms with E-state index in [1.165, 1.54) is 61.4 Å². The second-order valence-corrected chi connectivity index (χ2v) is 33.4. The van der Waals surface area contributed by atoms with E-state index in [1.807, 2.05) is 61.5 Å². The van der Waals surface area contributed by atoms with Gasteiger partial charge in [0.2, 0.25) is 5.96 Å². The van der Waals surface area contributed by atoms with Gasteiger partial charge in [-0.1, -0.05) is 263 Å². The Morgan fingerprint density at radius 1 is 0.273 bits per heavy atom. The molecule has 0 aromatic heterocycles. The summed E-state index contributed by atoms with van der Waals surface area (Å²) in [6.07, 6.45) is 15.2. The standard InChI is InChI=1S/C10H12ClN3.C9H10BrN3.C9H8Cl3N3.3C9H9Cl2N3.2C9H9ClFN3.C9H10ClN3.C8H8Cl2N4/c1-7-3-2-4-9(11)8(7)5-14-6-10(12)13;10-8-4-2-1-3-7(8)5-13-6-9(11)12;10-6-1-2-7(11)9(12)5(6)3-15-4-8(13)14;10-7-1-6(2-8(11)3-7)4-14-5-9(12)13;10-7-2-1-3-8(11)6(7)4-14-5-9(12)13;10-7-3-1-2-6(9(7)11)4-14-5-8(12)13;10-8-3-7(11)2-1-6(8)4-14-5-9(12)13;10-7-2-1-3-8(11)6(7)4-14-5-9(12)13;10-8-3-1-2-7(4-8)5-13-6-9(11)12;9-6-2-1-3-7(10)5(6)4-13-14-8(11)12/h2-5H,6H2,1H3,(H3,12,13);1-5H,6H2,(H3,11,12);1-3H,4H2,(H3,13,14);5*1-4H,5H2,(H3,12,13);1-5H,6H2,(H3,11,12);1-4H,(H4,11,12,14)/b;;;;;;;;;13-4-. The van der Waals surface area contributed by atoms with Gasteiger partial charge in [0.05, 0.1) is 120 Å². The van der Waals surface area contributed by atoms with Crippen molar-refractivity contribution in [2.45, 2.75) is 6.92 Å². The van der Waals surface area contributed by atoms with Gasteiger partial charge in [0, 0.05) is 125 Å². The molecule has 0 atom stereocenters. The summed E-state index contributed by atoms with van der Waals surface area (Å²) in [6, 6.07) is 53.1. The number of nitrogens with zero attached hydrogens (tertiary/aromatic N) is 11. The molecule has 0 fully saturated rings. The topological polar surface area (TPSA) is 637 Å². The molecule has 10 aromatic carbocycles. The molecule has 0 aliphatic carbocycles. The first-order chi connectivity index (χ1) is 65.6. The second-order valence-electron chi connectivity index (χ2n) is 26.4. The average Bonchev–Trinajstić information content (AvgIpc) is 0.843. The van der Waals surface area contributed by atoms with Gasteiger partial charge in [-0.25, -0.2) is 8.78 Å². The zero-order chi connectivity index (χ0) is 105. The van der Waals surface area contributed by atoms with Crippen molar-refractivity contribution in [3.8, 4) is 0 Å². The van der Waals surface area contributed by atoms with Crippen LogP contribution in [0.2, 0.25) is 75.3 Å². The van der Waals surface area contributed by atoms with Gasteiger partial charge in [-0.3, -0.25) is 93.6 Å². The average molecular weight is 2260 g/mol. The number of amidine groups is 9. The molecule has 31 nitrogen and oxygen atoms in total. The van der Waals surface area contributed by atoms with E-state index in [0.29, 0.717) is 87.5 Å². The van der Waals surface area contributed by atoms with Crippen LogP contribution in [-0.4, -0.2) is 180 Å². The fourth-order valence-corrected chi connectivity index (χ4v) is 12.5. The molecule has 0 heterocycles. The highest BCUT2D eigenvalue weighted by Gasteiger charge is 2.10. The molecule has 0 amide bonds. The van der Waals surface area contributed by atoms with Gasteiger partial charge >= 0.3 is 0 Å². The Balaban J connectivity index is 0.000000772. The van der Waals surface area contributed by atoms with Crippen LogP contribution in [0.25, 0.3) is 0 Å². The van der Waals surface area contributed by atoms with Crippen LogP contribution in [0.4, 0.5) is 8.78 Å². The molecule has 0 aliphatic rings. The summed E-state index contributed by atoms with van der Waals surface area (Å²) >= 11 is 90.9. The van der Waals surface area contributed by atoms with Crippen LogP contribution in [0.3, 0.4) is 0 Å². The molecular formula is C90H93BrCl15F2N31. The van der Waals surface area contributed by atoms with Crippen LogP contribution in [-0.2, 0) is 0 Å². The van der Waals surface area contributed by atoms with Crippen molar-refractivity contribution in [1.29, 1.82) is 48.7 Å². The molecule has 734 valence electrons. The van der Waals surface area contributed by atoms with Gasteiger partial charge in [-0.2, -0.15) is 5.10 Å². The summed E-state index contributed by atoms with van der Waals surface area (Å²) in [5, 5.41) is 76.9. The molecule has 0 saturated carbocycles. The summed E-state index contributed by atoms with van der Waals surface area (Å²) in [5.41, 5.74) is 64.3. The van der Waals surface area contributed by atoms with Crippen LogP contribution < -0.4 is 63.1 Å². The lowest BCUT2D eigenvalue weighted by Gasteiger charge is -2.02. The SMILES string of the molecule is Cc1cccc(Cl)c1C=NCC(=N)N.N=C(N)CN=Cc1c(Cl)ccc(Cl)c1Cl.N=C(N)CN=Cc1c(Cl)cccc1Cl.N=C(N)CN=Cc1c(F)cccc1Cl.N=C(N)CN=Cc1cc(Cl)cc(Cl)c1.N=C(N)CN=Cc1ccc(F)cc1Cl.N=C(N)CN=Cc1cccc(Cl)c1.N=C(N)CN=Cc1cccc(Cl)c1Cl.N=C(N)CN=Cc1ccccc1Br.NC(N)=N/N=C\c1c(Cl)cccc1Cl. The molecule has 0 bridgehead atoms. The van der Waals surface area contributed by atoms with E-state index in [4.69, 9.17) is 286 Å². The first kappa shape index (κ1) is 125. The summed E-state index contributed by atoms with van der Waals surface area (Å²) in [4.78, 5) is 35.2. The van der Waals surface area contributed by atoms with E-state index >= 15 is 0 Å². The Kier molecular flexibility index (Phi) is 64.4. The van der Waals surface area contributed by atoms with Gasteiger partial charge in [0.25, 0.3) is 0 Å². The van der Waals surface area contributed by atoms with Crippen molar-refractivity contribution in [2.75, 3.05) is 58.9 Å². The Morgan fingerprint density at radius 2 is 0.597 bits per heavy atom. The Labute approximate surface area is 884 Å². The van der Waals surface area contributed by atoms with Crippen LogP contribution in [0.1, 0.15) is 61.2 Å². The number of aliphatic imine (C=N–C) groups is 9. The van der Waals surface area contributed by atoms with E-state index in [0.717, 1.165) is 37.9 Å². The zero-order valence-corrected chi connectivity index (χ0v) is 86.0. The quantitative estimate of drug-likeness (QED) is 0.00904. The van der Waals surface area contributed by atoms with Gasteiger partial charge in [0.1, 0.15) is 64.2 Å². The monoisotopic (exact) mass is 2250 g/mol. The minimum atomic E-state index is -0.440. The molecule has 10 rings (SSSR count). The number of nitrogens with one attached hydrogen (secondary N) is 9. The molecule has 0 spiro atoms. The van der Waals surface area contributed by atoms with Crippen LogP contribution in [0.15, 0.2) is 248 Å². The van der Waals surface area contributed by atoms with Crippen molar-refractivity contribution in [1.82, 2.24) is 0 Å². The normalized spacial score (nSPS) is 10.7. The molecule has 0 aliphatic heterocycles. The number of rotatable bonds is 29. The van der Waals surface area contributed by atoms with Crippen molar-refractivity contribution in [2.24, 2.45) is 118 Å². The molecule has 31 N–H and O–H groups in total. The Bertz CT molecular complexity index is 5880. The van der Waals surface area contributed by atoms with Crippen molar-refractivity contribution in [3.05, 3.63) is 341 Å². The predicted octanol–water partition coefficient (Wildman–Crippen LogP) is 20.8. The minimum absolute atomic E-state index is 0.00410. The molecule has 0 radical (unpaired) electrons. The Morgan fingerprint density at radius 3 is 1.03 bits per heavy atom. The Hall–Kier alpha value is -11.9. The van der Waals surface area contributed by atoms with Crippen LogP contribution in [0.5, 0.6) is 0 Å². The lowest BCUT2D eigenvalue weighted by atomic mass is 10.1. The number of aryl methyl sites for hydroxylation is 1. The highest BCUT2D eigenvalue weighted by atomic mass is 79.9. The number of hydrogen-bond acceptors (Lipinski definition) is 20. The largest absolute Gasteiger partial charge is 0.386 e. The van der Waals surface area contributed by atoms with E-state index in [1.54, 1.807) is 134 Å². The molecule has 10 aromatic rings. The predicted molar refractivity (Wildman–Crippen MR) is 595 cm³/mol. The first-order valence-electron chi connectivity index (χ1n) is 38.7. The second kappa shape index (κ2) is 71.5. The zero-order valence-electron chi connectivity index (χ0n) is 73.1. The molecule has 139 heavy (non-hydrogen) atoms. The highest BCUT2D eigenvalue weighted by Crippen LogP contribution is 2.31. The maximum absolute atomic E-state index is 13.1. The van der Waals surface area contributed by atoms with Crippen LogP contribution >= 0.6 is 190 Å². The number of hydrogen-bond donors (Lipinski definition) is 20. The van der Waals surface area contributed by atoms with Gasteiger partial charge in [-0.15, -0.1) is 5.10 Å². The van der Waals surface area contributed by atoms with Gasteiger partial charge < -0.3 is 63.1 Å². The summed E-state index contributed by atoms with van der Waals surface area (Å²) in [7, 11) is 0. The summed E-state index contributed by atoms with van der Waals surface area (Å²) in [6.45, 7) is 3.44. The van der Waals surface area contributed by atoms with Gasteiger partial charge in [0.15, 0.2) is 0 Å². The molecule has 0 unspecified atom stereocenters. The van der Waals surface area contributed by atoms with E-state index in [-0.39, 0.29) is 133 Å². The number of halogens is 18. The molecule has 49 heteroatoms. The summed E-state index contributed by atoms with van der Waals surface area (Å²) in [5.74, 6) is -0.868. The maximum atomic E-state index is 13.1. The number of benzene rings is 10. The van der Waals surface area contributed by atoms with Crippen LogP contribution in [0, 0.1) is 67.2 Å². The van der Waals surface area contributed by atoms with E-state index < -0.39 is 11.6 Å². The molecule has 0 saturated heterocycles. The highest BCUT2D eigenvalue weighted by molar-refractivity contribution is 9.10. The van der Waals surface area contributed by atoms with Crippen molar-refractivity contribution >= 4 is 311 Å². The fraction of sp³-hybridized carbons (Fsp3) is 0.111. The smallest absolute Gasteiger partial charge is 0.211 e. The van der Waals surface area contributed by atoms with Crippen molar-refractivity contribution < 1.29 is 8.78 Å². The third-order valence-electron chi connectivity index (χ3n) is 14.7. The fourth-order valence-electron chi connectivity index (χ4n) is 8.73. The molecular weight excluding hydrogens is 2160 g/mol. The third kappa shape index (κ3) is 59.2. The lowest BCUT2D eigenvalue weighted by Crippen LogP contribution is -2.21. The summed E-state index contributed by atoms with van der Waals surface area (Å²) < 4.78 is 26.7. The van der Waals surface area contributed by atoms with E-state index in [2.05, 4.69) is 71.1 Å². The number of guanidine groups is 1. The minimum Gasteiger partial charge on any atom is -0.386 e. The first-order valence-corrected chi connectivity index (χ1v) is 45.2. The van der Waals surface area contributed by atoms with Crippen molar-refractivity contribution in [3.63, 3.8) is 0 Å².